The maximum absolute atomic E-state index is 12.0. The van der Waals surface area contributed by atoms with Crippen LogP contribution >= 0.6 is 0 Å². The fraction of sp³-hybridized carbons (Fsp3) is 0.750. The van der Waals surface area contributed by atoms with Gasteiger partial charge >= 0.3 is 0 Å². The molecule has 2 fully saturated rings. The second-order valence-corrected chi connectivity index (χ2v) is 5.40. The van der Waals surface area contributed by atoms with Crippen LogP contribution in [0.1, 0.15) is 55.1 Å². The van der Waals surface area contributed by atoms with Gasteiger partial charge in [0.05, 0.1) is 12.2 Å². The maximum Gasteiger partial charge on any atom is 0.273 e. The largest absolute Gasteiger partial charge is 0.348 e. The van der Waals surface area contributed by atoms with E-state index in [-0.39, 0.29) is 11.9 Å². The van der Waals surface area contributed by atoms with E-state index in [0.29, 0.717) is 17.8 Å². The van der Waals surface area contributed by atoms with Crippen LogP contribution < -0.4 is 11.1 Å². The lowest BCUT2D eigenvalue weighted by atomic mass is 9.92. The molecular formula is C12H19N5O. The molecule has 18 heavy (non-hydrogen) atoms. The Labute approximate surface area is 106 Å². The number of amides is 1. The van der Waals surface area contributed by atoms with Crippen LogP contribution in [0.3, 0.4) is 0 Å². The topological polar surface area (TPSA) is 85.8 Å². The van der Waals surface area contributed by atoms with Gasteiger partial charge in [-0.3, -0.25) is 4.79 Å². The number of nitrogens with zero attached hydrogens (tertiary/aromatic N) is 3. The summed E-state index contributed by atoms with van der Waals surface area (Å²) >= 11 is 0. The summed E-state index contributed by atoms with van der Waals surface area (Å²) in [5.41, 5.74) is 6.27. The number of aromatic nitrogens is 3. The van der Waals surface area contributed by atoms with Crippen molar-refractivity contribution in [3.8, 4) is 0 Å². The fourth-order valence-electron chi connectivity index (χ4n) is 2.42. The first kappa shape index (κ1) is 11.6. The van der Waals surface area contributed by atoms with Crippen molar-refractivity contribution < 1.29 is 4.79 Å². The lowest BCUT2D eigenvalue weighted by Gasteiger charge is -2.26. The Bertz CT molecular complexity index is 431. The van der Waals surface area contributed by atoms with E-state index in [0.717, 1.165) is 38.5 Å². The zero-order valence-electron chi connectivity index (χ0n) is 10.4. The van der Waals surface area contributed by atoms with E-state index in [1.807, 2.05) is 0 Å². The molecule has 1 aromatic rings. The van der Waals surface area contributed by atoms with Crippen LogP contribution in [0.15, 0.2) is 6.20 Å². The molecule has 0 aliphatic heterocycles. The molecule has 6 heteroatoms. The minimum Gasteiger partial charge on any atom is -0.348 e. The molecule has 98 valence electrons. The Morgan fingerprint density at radius 2 is 2.00 bits per heavy atom. The second kappa shape index (κ2) is 4.68. The van der Waals surface area contributed by atoms with Gasteiger partial charge in [0.25, 0.3) is 5.91 Å². The third-order valence-corrected chi connectivity index (χ3v) is 3.77. The lowest BCUT2D eigenvalue weighted by Crippen LogP contribution is -2.40. The highest BCUT2D eigenvalue weighted by Crippen LogP contribution is 2.33. The summed E-state index contributed by atoms with van der Waals surface area (Å²) < 4.78 is 1.80. The van der Waals surface area contributed by atoms with Crippen LogP contribution in [0.2, 0.25) is 0 Å². The zero-order chi connectivity index (χ0) is 12.5. The third-order valence-electron chi connectivity index (χ3n) is 3.77. The molecule has 0 saturated heterocycles. The number of hydrogen-bond donors (Lipinski definition) is 2. The Hall–Kier alpha value is -1.43. The highest BCUT2D eigenvalue weighted by Gasteiger charge is 2.27. The van der Waals surface area contributed by atoms with Crippen molar-refractivity contribution in [1.29, 1.82) is 0 Å². The smallest absolute Gasteiger partial charge is 0.273 e. The van der Waals surface area contributed by atoms with Crippen LogP contribution in [0, 0.1) is 0 Å². The summed E-state index contributed by atoms with van der Waals surface area (Å²) in [5, 5.41) is 10.9. The van der Waals surface area contributed by atoms with Crippen molar-refractivity contribution >= 4 is 5.91 Å². The van der Waals surface area contributed by atoms with Gasteiger partial charge in [-0.1, -0.05) is 5.21 Å². The summed E-state index contributed by atoms with van der Waals surface area (Å²) in [6.45, 7) is 0. The van der Waals surface area contributed by atoms with Crippen molar-refractivity contribution in [3.63, 3.8) is 0 Å². The van der Waals surface area contributed by atoms with Gasteiger partial charge in [-0.05, 0) is 38.5 Å². The van der Waals surface area contributed by atoms with Crippen LogP contribution in [0.5, 0.6) is 0 Å². The average Bonchev–Trinajstić information content (AvgIpc) is 3.10. The summed E-state index contributed by atoms with van der Waals surface area (Å²) in [6, 6.07) is 1.00. The molecule has 1 heterocycles. The molecule has 0 bridgehead atoms. The van der Waals surface area contributed by atoms with E-state index >= 15 is 0 Å². The zero-order valence-corrected chi connectivity index (χ0v) is 10.4. The number of nitrogens with two attached hydrogens (primary N) is 1. The Balaban J connectivity index is 1.56. The monoisotopic (exact) mass is 249 g/mol. The molecule has 1 amide bonds. The van der Waals surface area contributed by atoms with Crippen molar-refractivity contribution in [2.75, 3.05) is 0 Å². The van der Waals surface area contributed by atoms with Crippen LogP contribution in [-0.2, 0) is 0 Å². The number of rotatable bonds is 3. The minimum atomic E-state index is -0.109. The predicted molar refractivity (Wildman–Crippen MR) is 66.0 cm³/mol. The SMILES string of the molecule is NC1CCC(NC(=O)c2cn(C3CC3)nn2)CC1. The van der Waals surface area contributed by atoms with Crippen LogP contribution in [0.25, 0.3) is 0 Å². The summed E-state index contributed by atoms with van der Waals surface area (Å²) in [7, 11) is 0. The van der Waals surface area contributed by atoms with Gasteiger partial charge in [-0.2, -0.15) is 0 Å². The molecule has 0 radical (unpaired) electrons. The highest BCUT2D eigenvalue weighted by atomic mass is 16.2. The van der Waals surface area contributed by atoms with Gasteiger partial charge in [0.1, 0.15) is 0 Å². The summed E-state index contributed by atoms with van der Waals surface area (Å²) in [6.07, 6.45) is 7.93. The molecule has 2 saturated carbocycles. The molecule has 3 rings (SSSR count). The number of carbonyl (C=O) groups excluding carboxylic acids is 1. The fourth-order valence-corrected chi connectivity index (χ4v) is 2.42. The van der Waals surface area contributed by atoms with Crippen molar-refractivity contribution in [1.82, 2.24) is 20.3 Å². The molecule has 2 aliphatic carbocycles. The van der Waals surface area contributed by atoms with Crippen LogP contribution in [0.4, 0.5) is 0 Å². The first-order valence-corrected chi connectivity index (χ1v) is 6.70. The molecule has 1 aromatic heterocycles. The van der Waals surface area contributed by atoms with Crippen molar-refractivity contribution in [3.05, 3.63) is 11.9 Å². The normalized spacial score (nSPS) is 28.1. The standard InChI is InChI=1S/C12H19N5O/c13-8-1-3-9(4-2-8)14-12(18)11-7-17(16-15-11)10-5-6-10/h7-10H,1-6,13H2,(H,14,18). The molecular weight excluding hydrogens is 230 g/mol. The van der Waals surface area contributed by atoms with Gasteiger partial charge < -0.3 is 11.1 Å². The molecule has 0 atom stereocenters. The van der Waals surface area contributed by atoms with Gasteiger partial charge in [0.2, 0.25) is 0 Å². The first-order valence-electron chi connectivity index (χ1n) is 6.70. The average molecular weight is 249 g/mol. The quantitative estimate of drug-likeness (QED) is 0.822. The lowest BCUT2D eigenvalue weighted by molar-refractivity contribution is 0.0920. The Kier molecular flexibility index (Phi) is 3.03. The molecule has 6 nitrogen and oxygen atoms in total. The summed E-state index contributed by atoms with van der Waals surface area (Å²) in [4.78, 5) is 12.0. The molecule has 3 N–H and O–H groups in total. The van der Waals surface area contributed by atoms with Crippen LogP contribution in [-0.4, -0.2) is 33.0 Å². The predicted octanol–water partition coefficient (Wildman–Crippen LogP) is 0.613. The molecule has 0 spiro atoms. The minimum absolute atomic E-state index is 0.109. The molecule has 2 aliphatic rings. The first-order chi connectivity index (χ1) is 8.72. The number of hydrogen-bond acceptors (Lipinski definition) is 4. The van der Waals surface area contributed by atoms with E-state index in [9.17, 15) is 4.79 Å². The van der Waals surface area contributed by atoms with E-state index in [1.165, 1.54) is 0 Å². The van der Waals surface area contributed by atoms with Gasteiger partial charge in [0.15, 0.2) is 5.69 Å². The Morgan fingerprint density at radius 1 is 1.28 bits per heavy atom. The summed E-state index contributed by atoms with van der Waals surface area (Å²) in [5.74, 6) is -0.109. The van der Waals surface area contributed by atoms with E-state index in [1.54, 1.807) is 10.9 Å². The van der Waals surface area contributed by atoms with Gasteiger partial charge in [-0.25, -0.2) is 4.68 Å². The molecule has 0 unspecified atom stereocenters. The van der Waals surface area contributed by atoms with E-state index in [4.69, 9.17) is 5.73 Å². The second-order valence-electron chi connectivity index (χ2n) is 5.40. The third kappa shape index (κ3) is 2.53. The van der Waals surface area contributed by atoms with E-state index < -0.39 is 0 Å². The maximum atomic E-state index is 12.0. The Morgan fingerprint density at radius 3 is 2.67 bits per heavy atom. The number of carbonyl (C=O) groups is 1. The molecule has 0 aromatic carbocycles. The number of nitrogens with one attached hydrogen (secondary N) is 1. The van der Waals surface area contributed by atoms with Crippen molar-refractivity contribution in [2.45, 2.75) is 56.7 Å². The highest BCUT2D eigenvalue weighted by molar-refractivity contribution is 5.92. The van der Waals surface area contributed by atoms with Gasteiger partial charge in [-0.15, -0.1) is 5.10 Å². The van der Waals surface area contributed by atoms with E-state index in [2.05, 4.69) is 15.6 Å². The van der Waals surface area contributed by atoms with Gasteiger partial charge in [0, 0.05) is 12.1 Å². The van der Waals surface area contributed by atoms with Crippen molar-refractivity contribution in [2.24, 2.45) is 5.73 Å².